The molecule has 1 amide bonds. The number of thiocarbonyl (C=S) groups is 1. The third kappa shape index (κ3) is 5.10. The Morgan fingerprint density at radius 2 is 1.81 bits per heavy atom. The molecule has 0 unspecified atom stereocenters. The summed E-state index contributed by atoms with van der Waals surface area (Å²) in [6.45, 7) is 5.11. The number of carbonyl (C=O) groups is 1. The van der Waals surface area contributed by atoms with Crippen LogP contribution in [0.1, 0.15) is 46.9 Å². The molecule has 0 aliphatic carbocycles. The molecular formula is C25H30N4O2S. The number of methoxy groups -OCH3 is 1. The Bertz CT molecular complexity index is 998. The number of aromatic nitrogens is 1. The lowest BCUT2D eigenvalue weighted by Gasteiger charge is -2.34. The first-order chi connectivity index (χ1) is 15.5. The van der Waals surface area contributed by atoms with Crippen molar-refractivity contribution < 1.29 is 9.53 Å². The van der Waals surface area contributed by atoms with E-state index in [1.165, 1.54) is 0 Å². The Hall–Kier alpha value is -2.93. The van der Waals surface area contributed by atoms with Gasteiger partial charge < -0.3 is 19.9 Å². The highest BCUT2D eigenvalue weighted by molar-refractivity contribution is 7.80. The monoisotopic (exact) mass is 450 g/mol. The molecule has 0 saturated carbocycles. The molecule has 168 valence electrons. The lowest BCUT2D eigenvalue weighted by atomic mass is 9.89. The summed E-state index contributed by atoms with van der Waals surface area (Å²) < 4.78 is 5.21. The molecule has 0 radical (unpaired) electrons. The predicted molar refractivity (Wildman–Crippen MR) is 131 cm³/mol. The van der Waals surface area contributed by atoms with Crippen molar-refractivity contribution in [2.24, 2.45) is 0 Å². The molecule has 0 spiro atoms. The molecule has 32 heavy (non-hydrogen) atoms. The Morgan fingerprint density at radius 3 is 2.47 bits per heavy atom. The molecule has 2 aromatic rings. The zero-order valence-electron chi connectivity index (χ0n) is 18.7. The smallest absolute Gasteiger partial charge is 0.256 e. The summed E-state index contributed by atoms with van der Waals surface area (Å²) in [5.41, 5.74) is 3.59. The first-order valence-electron chi connectivity index (χ1n) is 11.2. The van der Waals surface area contributed by atoms with E-state index in [1.54, 1.807) is 7.11 Å². The van der Waals surface area contributed by atoms with Gasteiger partial charge in [-0.1, -0.05) is 12.2 Å². The van der Waals surface area contributed by atoms with Crippen LogP contribution in [0.15, 0.2) is 48.6 Å². The molecule has 4 rings (SSSR count). The van der Waals surface area contributed by atoms with Gasteiger partial charge in [0.2, 0.25) is 0 Å². The summed E-state index contributed by atoms with van der Waals surface area (Å²) in [6.07, 6.45) is 6.95. The second-order valence-electron chi connectivity index (χ2n) is 8.32. The van der Waals surface area contributed by atoms with Crippen molar-refractivity contribution in [3.63, 3.8) is 0 Å². The van der Waals surface area contributed by atoms with Crippen molar-refractivity contribution in [2.45, 2.75) is 32.1 Å². The van der Waals surface area contributed by atoms with Gasteiger partial charge in [0.05, 0.1) is 18.4 Å². The van der Waals surface area contributed by atoms with Crippen LogP contribution in [-0.4, -0.2) is 59.1 Å². The number of piperidine rings is 1. The average Bonchev–Trinajstić information content (AvgIpc) is 2.84. The minimum Gasteiger partial charge on any atom is -0.497 e. The van der Waals surface area contributed by atoms with Crippen LogP contribution in [0.4, 0.5) is 5.69 Å². The zero-order valence-corrected chi connectivity index (χ0v) is 19.5. The fourth-order valence-electron chi connectivity index (χ4n) is 4.30. The number of nitrogens with zero attached hydrogens (tertiary/aromatic N) is 3. The van der Waals surface area contributed by atoms with E-state index in [0.29, 0.717) is 6.54 Å². The van der Waals surface area contributed by atoms with Gasteiger partial charge in [0.1, 0.15) is 5.75 Å². The number of rotatable bonds is 4. The summed E-state index contributed by atoms with van der Waals surface area (Å²) in [4.78, 5) is 22.1. The van der Waals surface area contributed by atoms with Crippen molar-refractivity contribution in [3.05, 3.63) is 65.5 Å². The standard InChI is InChI=1S/C25H30N4O2S/c1-18-6-11-22(24(30)28-14-4-3-5-15-28)23(26-18)19-12-16-29(17-13-19)25(32)27-20-7-9-21(31-2)10-8-20/h3-4,6-11,19H,5,12-17H2,1-2H3,(H,27,32). The number of anilines is 1. The van der Waals surface area contributed by atoms with E-state index in [1.807, 2.05) is 48.2 Å². The molecule has 7 heteroatoms. The number of pyridine rings is 1. The quantitative estimate of drug-likeness (QED) is 0.551. The fraction of sp³-hybridized carbons (Fsp3) is 0.400. The highest BCUT2D eigenvalue weighted by atomic mass is 32.1. The first-order valence-corrected chi connectivity index (χ1v) is 11.6. The largest absolute Gasteiger partial charge is 0.497 e. The summed E-state index contributed by atoms with van der Waals surface area (Å²) in [6, 6.07) is 11.7. The number of amides is 1. The van der Waals surface area contributed by atoms with Gasteiger partial charge in [0, 0.05) is 43.5 Å². The van der Waals surface area contributed by atoms with Gasteiger partial charge in [-0.2, -0.15) is 0 Å². The van der Waals surface area contributed by atoms with Crippen LogP contribution in [0.3, 0.4) is 0 Å². The van der Waals surface area contributed by atoms with Gasteiger partial charge in [0.15, 0.2) is 5.11 Å². The van der Waals surface area contributed by atoms with E-state index in [0.717, 1.165) is 72.4 Å². The number of hydrogen-bond acceptors (Lipinski definition) is 4. The molecule has 3 heterocycles. The third-order valence-electron chi connectivity index (χ3n) is 6.15. The predicted octanol–water partition coefficient (Wildman–Crippen LogP) is 4.38. The molecule has 1 aromatic carbocycles. The first kappa shape index (κ1) is 22.3. The molecule has 0 bridgehead atoms. The van der Waals surface area contributed by atoms with E-state index in [-0.39, 0.29) is 11.8 Å². The summed E-state index contributed by atoms with van der Waals surface area (Å²) >= 11 is 5.65. The van der Waals surface area contributed by atoms with Crippen molar-refractivity contribution in [1.29, 1.82) is 0 Å². The molecule has 2 aliphatic rings. The molecule has 1 fully saturated rings. The Labute approximate surface area is 195 Å². The molecule has 1 aromatic heterocycles. The molecular weight excluding hydrogens is 420 g/mol. The number of ether oxygens (including phenoxy) is 1. The lowest BCUT2D eigenvalue weighted by molar-refractivity contribution is 0.0768. The summed E-state index contributed by atoms with van der Waals surface area (Å²) in [7, 11) is 1.66. The molecule has 2 aliphatic heterocycles. The van der Waals surface area contributed by atoms with E-state index in [4.69, 9.17) is 21.9 Å². The van der Waals surface area contributed by atoms with E-state index in [9.17, 15) is 4.79 Å². The van der Waals surface area contributed by atoms with Crippen molar-refractivity contribution >= 4 is 28.9 Å². The van der Waals surface area contributed by atoms with Gasteiger partial charge >= 0.3 is 0 Å². The molecule has 6 nitrogen and oxygen atoms in total. The number of aryl methyl sites for hydroxylation is 1. The van der Waals surface area contributed by atoms with Crippen LogP contribution >= 0.6 is 12.2 Å². The summed E-state index contributed by atoms with van der Waals surface area (Å²) in [5.74, 6) is 1.17. The topological polar surface area (TPSA) is 57.7 Å². The Kier molecular flexibility index (Phi) is 7.05. The lowest BCUT2D eigenvalue weighted by Crippen LogP contribution is -2.41. The number of nitrogens with one attached hydrogen (secondary N) is 1. The SMILES string of the molecule is COc1ccc(NC(=S)N2CCC(c3nc(C)ccc3C(=O)N3CC=CCC3)CC2)cc1. The maximum Gasteiger partial charge on any atom is 0.256 e. The average molecular weight is 451 g/mol. The normalized spacial score (nSPS) is 16.7. The van der Waals surface area contributed by atoms with Crippen LogP contribution in [0.25, 0.3) is 0 Å². The maximum atomic E-state index is 13.2. The second-order valence-corrected chi connectivity index (χ2v) is 8.70. The van der Waals surface area contributed by atoms with E-state index in [2.05, 4.69) is 22.4 Å². The van der Waals surface area contributed by atoms with Gasteiger partial charge in [-0.3, -0.25) is 9.78 Å². The summed E-state index contributed by atoms with van der Waals surface area (Å²) in [5, 5.41) is 4.04. The highest BCUT2D eigenvalue weighted by Crippen LogP contribution is 2.30. The van der Waals surface area contributed by atoms with Crippen molar-refractivity contribution in [1.82, 2.24) is 14.8 Å². The van der Waals surface area contributed by atoms with Crippen LogP contribution in [0, 0.1) is 6.92 Å². The minimum atomic E-state index is 0.0935. The second kappa shape index (κ2) is 10.1. The number of benzene rings is 1. The molecule has 1 saturated heterocycles. The van der Waals surface area contributed by atoms with Crippen LogP contribution in [0.2, 0.25) is 0 Å². The zero-order chi connectivity index (χ0) is 22.5. The van der Waals surface area contributed by atoms with Crippen LogP contribution in [-0.2, 0) is 0 Å². The fourth-order valence-corrected chi connectivity index (χ4v) is 4.60. The van der Waals surface area contributed by atoms with Crippen LogP contribution in [0.5, 0.6) is 5.75 Å². The van der Waals surface area contributed by atoms with E-state index >= 15 is 0 Å². The minimum absolute atomic E-state index is 0.0935. The Morgan fingerprint density at radius 1 is 1.06 bits per heavy atom. The van der Waals surface area contributed by atoms with Crippen molar-refractivity contribution in [3.8, 4) is 5.75 Å². The number of hydrogen-bond donors (Lipinski definition) is 1. The molecule has 1 N–H and O–H groups in total. The highest BCUT2D eigenvalue weighted by Gasteiger charge is 2.28. The third-order valence-corrected chi connectivity index (χ3v) is 6.51. The van der Waals surface area contributed by atoms with Crippen LogP contribution < -0.4 is 10.1 Å². The van der Waals surface area contributed by atoms with Gasteiger partial charge in [0.25, 0.3) is 5.91 Å². The number of carbonyl (C=O) groups excluding carboxylic acids is 1. The van der Waals surface area contributed by atoms with Gasteiger partial charge in [-0.05, 0) is 74.8 Å². The number of likely N-dealkylation sites (tertiary alicyclic amines) is 1. The van der Waals surface area contributed by atoms with Gasteiger partial charge in [-0.15, -0.1) is 0 Å². The Balaban J connectivity index is 1.41. The maximum absolute atomic E-state index is 13.2. The van der Waals surface area contributed by atoms with Gasteiger partial charge in [-0.25, -0.2) is 0 Å². The molecule has 0 atom stereocenters. The van der Waals surface area contributed by atoms with Crippen molar-refractivity contribution in [2.75, 3.05) is 38.6 Å². The van der Waals surface area contributed by atoms with E-state index < -0.39 is 0 Å².